The molecule has 0 aliphatic carbocycles. The Morgan fingerprint density at radius 2 is 2.12 bits per heavy atom. The first-order valence-corrected chi connectivity index (χ1v) is 6.11. The van der Waals surface area contributed by atoms with E-state index < -0.39 is 0 Å². The number of nitrogens with one attached hydrogen (secondary N) is 1. The Labute approximate surface area is 102 Å². The molecule has 1 unspecified atom stereocenters. The molecule has 0 spiro atoms. The maximum absolute atomic E-state index is 5.95. The van der Waals surface area contributed by atoms with Crippen molar-refractivity contribution in [1.29, 1.82) is 0 Å². The molecule has 90 valence electrons. The van der Waals surface area contributed by atoms with Crippen molar-refractivity contribution in [1.82, 2.24) is 4.98 Å². The van der Waals surface area contributed by atoms with Crippen molar-refractivity contribution in [2.45, 2.75) is 32.7 Å². The van der Waals surface area contributed by atoms with Gasteiger partial charge in [0, 0.05) is 40.6 Å². The van der Waals surface area contributed by atoms with Crippen molar-refractivity contribution in [3.63, 3.8) is 0 Å². The van der Waals surface area contributed by atoms with Crippen LogP contribution < -0.4 is 11.1 Å². The molecule has 0 saturated heterocycles. The van der Waals surface area contributed by atoms with E-state index in [1.165, 1.54) is 6.42 Å². The first kappa shape index (κ1) is 11.7. The molecule has 1 heterocycles. The first-order chi connectivity index (χ1) is 8.22. The third kappa shape index (κ3) is 2.49. The Morgan fingerprint density at radius 3 is 2.88 bits per heavy atom. The van der Waals surface area contributed by atoms with E-state index in [0.717, 1.165) is 28.6 Å². The molecule has 0 fully saturated rings. The summed E-state index contributed by atoms with van der Waals surface area (Å²) in [6, 6.07) is 6.46. The molecular formula is C14H19N3. The van der Waals surface area contributed by atoms with Crippen LogP contribution in [0.2, 0.25) is 0 Å². The lowest BCUT2D eigenvalue weighted by molar-refractivity contribution is 0.691. The number of benzene rings is 1. The van der Waals surface area contributed by atoms with Gasteiger partial charge in [0.1, 0.15) is 0 Å². The van der Waals surface area contributed by atoms with Gasteiger partial charge in [-0.1, -0.05) is 13.3 Å². The van der Waals surface area contributed by atoms with E-state index >= 15 is 0 Å². The summed E-state index contributed by atoms with van der Waals surface area (Å²) in [6.45, 7) is 4.40. The van der Waals surface area contributed by atoms with Crippen LogP contribution in [0.25, 0.3) is 10.8 Å². The standard InChI is InChI=1S/C14H19N3/c1-3-4-10(2)17-14-6-5-13(15)12-9-16-8-7-11(12)14/h5-10,17H,3-4,15H2,1-2H3. The van der Waals surface area contributed by atoms with Crippen LogP contribution in [0.5, 0.6) is 0 Å². The minimum Gasteiger partial charge on any atom is -0.398 e. The van der Waals surface area contributed by atoms with Crippen LogP contribution in [-0.4, -0.2) is 11.0 Å². The van der Waals surface area contributed by atoms with Crippen LogP contribution in [0.3, 0.4) is 0 Å². The van der Waals surface area contributed by atoms with E-state index in [-0.39, 0.29) is 0 Å². The summed E-state index contributed by atoms with van der Waals surface area (Å²) in [6.07, 6.45) is 5.97. The fourth-order valence-corrected chi connectivity index (χ4v) is 2.11. The molecule has 1 aromatic heterocycles. The van der Waals surface area contributed by atoms with Crippen LogP contribution in [-0.2, 0) is 0 Å². The SMILES string of the molecule is CCCC(C)Nc1ccc(N)c2cnccc12. The van der Waals surface area contributed by atoms with Gasteiger partial charge in [0.05, 0.1) is 0 Å². The van der Waals surface area contributed by atoms with Gasteiger partial charge in [0.25, 0.3) is 0 Å². The van der Waals surface area contributed by atoms with E-state index in [2.05, 4.69) is 24.1 Å². The lowest BCUT2D eigenvalue weighted by atomic mass is 10.1. The van der Waals surface area contributed by atoms with E-state index in [4.69, 9.17) is 5.73 Å². The predicted octanol–water partition coefficient (Wildman–Crippen LogP) is 3.42. The molecule has 3 heteroatoms. The summed E-state index contributed by atoms with van der Waals surface area (Å²) in [5, 5.41) is 5.69. The number of hydrogen-bond acceptors (Lipinski definition) is 3. The Morgan fingerprint density at radius 1 is 1.29 bits per heavy atom. The van der Waals surface area contributed by atoms with Gasteiger partial charge >= 0.3 is 0 Å². The second kappa shape index (κ2) is 5.04. The van der Waals surface area contributed by atoms with Crippen molar-refractivity contribution in [2.24, 2.45) is 0 Å². The summed E-state index contributed by atoms with van der Waals surface area (Å²) < 4.78 is 0. The number of aromatic nitrogens is 1. The van der Waals surface area contributed by atoms with Crippen molar-refractivity contribution in [2.75, 3.05) is 11.1 Å². The highest BCUT2D eigenvalue weighted by molar-refractivity contribution is 6.00. The summed E-state index contributed by atoms with van der Waals surface area (Å²) in [5.74, 6) is 0. The predicted molar refractivity (Wildman–Crippen MR) is 74.1 cm³/mol. The number of fused-ring (bicyclic) bond motifs is 1. The Hall–Kier alpha value is -1.77. The maximum Gasteiger partial charge on any atom is 0.0424 e. The number of anilines is 2. The first-order valence-electron chi connectivity index (χ1n) is 6.11. The van der Waals surface area contributed by atoms with E-state index in [1.54, 1.807) is 6.20 Å². The number of nitrogen functional groups attached to an aromatic ring is 1. The number of pyridine rings is 1. The lowest BCUT2D eigenvalue weighted by Crippen LogP contribution is -2.14. The van der Waals surface area contributed by atoms with Gasteiger partial charge < -0.3 is 11.1 Å². The maximum atomic E-state index is 5.95. The number of nitrogens with zero attached hydrogens (tertiary/aromatic N) is 1. The molecule has 1 aromatic carbocycles. The highest BCUT2D eigenvalue weighted by Crippen LogP contribution is 2.28. The van der Waals surface area contributed by atoms with E-state index in [0.29, 0.717) is 6.04 Å². The average Bonchev–Trinajstić information content (AvgIpc) is 2.34. The van der Waals surface area contributed by atoms with Crippen LogP contribution in [0.15, 0.2) is 30.6 Å². The lowest BCUT2D eigenvalue weighted by Gasteiger charge is -2.16. The van der Waals surface area contributed by atoms with Crippen LogP contribution in [0.1, 0.15) is 26.7 Å². The zero-order chi connectivity index (χ0) is 12.3. The zero-order valence-electron chi connectivity index (χ0n) is 10.4. The molecule has 0 amide bonds. The number of hydrogen-bond donors (Lipinski definition) is 2. The van der Waals surface area contributed by atoms with Crippen LogP contribution in [0.4, 0.5) is 11.4 Å². The Bertz CT molecular complexity index is 508. The van der Waals surface area contributed by atoms with Gasteiger partial charge in [-0.25, -0.2) is 0 Å². The third-order valence-corrected chi connectivity index (χ3v) is 2.98. The van der Waals surface area contributed by atoms with Gasteiger partial charge in [-0.05, 0) is 31.5 Å². The van der Waals surface area contributed by atoms with Crippen molar-refractivity contribution in [3.8, 4) is 0 Å². The third-order valence-electron chi connectivity index (χ3n) is 2.98. The summed E-state index contributed by atoms with van der Waals surface area (Å²) in [4.78, 5) is 4.12. The molecule has 2 rings (SSSR count). The van der Waals surface area contributed by atoms with Crippen molar-refractivity contribution < 1.29 is 0 Å². The molecule has 1 atom stereocenters. The molecule has 0 aliphatic rings. The van der Waals surface area contributed by atoms with Crippen LogP contribution in [0, 0.1) is 0 Å². The minimum absolute atomic E-state index is 0.472. The van der Waals surface area contributed by atoms with E-state index in [9.17, 15) is 0 Å². The molecule has 0 aliphatic heterocycles. The monoisotopic (exact) mass is 229 g/mol. The van der Waals surface area contributed by atoms with Crippen LogP contribution >= 0.6 is 0 Å². The second-order valence-corrected chi connectivity index (χ2v) is 4.46. The molecule has 0 radical (unpaired) electrons. The summed E-state index contributed by atoms with van der Waals surface area (Å²) in [5.41, 5.74) is 7.86. The topological polar surface area (TPSA) is 50.9 Å². The van der Waals surface area contributed by atoms with Crippen molar-refractivity contribution in [3.05, 3.63) is 30.6 Å². The molecule has 0 saturated carbocycles. The normalized spacial score (nSPS) is 12.6. The molecule has 3 N–H and O–H groups in total. The van der Waals surface area contributed by atoms with Gasteiger partial charge in [-0.2, -0.15) is 0 Å². The Balaban J connectivity index is 2.38. The Kier molecular flexibility index (Phi) is 3.47. The quantitative estimate of drug-likeness (QED) is 0.790. The number of rotatable bonds is 4. The highest BCUT2D eigenvalue weighted by atomic mass is 14.9. The smallest absolute Gasteiger partial charge is 0.0424 e. The average molecular weight is 229 g/mol. The highest BCUT2D eigenvalue weighted by Gasteiger charge is 2.06. The van der Waals surface area contributed by atoms with Crippen molar-refractivity contribution >= 4 is 22.1 Å². The molecule has 3 nitrogen and oxygen atoms in total. The molecule has 0 bridgehead atoms. The summed E-state index contributed by atoms with van der Waals surface area (Å²) >= 11 is 0. The number of nitrogens with two attached hydrogens (primary N) is 1. The van der Waals surface area contributed by atoms with Gasteiger partial charge in [-0.3, -0.25) is 4.98 Å². The van der Waals surface area contributed by atoms with E-state index in [1.807, 2.05) is 24.4 Å². The fraction of sp³-hybridized carbons (Fsp3) is 0.357. The minimum atomic E-state index is 0.472. The summed E-state index contributed by atoms with van der Waals surface area (Å²) in [7, 11) is 0. The van der Waals surface area contributed by atoms with Gasteiger partial charge in [0.15, 0.2) is 0 Å². The second-order valence-electron chi connectivity index (χ2n) is 4.46. The van der Waals surface area contributed by atoms with Gasteiger partial charge in [0.2, 0.25) is 0 Å². The molecule has 17 heavy (non-hydrogen) atoms. The fourth-order valence-electron chi connectivity index (χ4n) is 2.11. The largest absolute Gasteiger partial charge is 0.398 e. The molecule has 2 aromatic rings. The molecular weight excluding hydrogens is 210 g/mol. The van der Waals surface area contributed by atoms with Gasteiger partial charge in [-0.15, -0.1) is 0 Å². The zero-order valence-corrected chi connectivity index (χ0v) is 10.4.